The fourth-order valence-electron chi connectivity index (χ4n) is 0.434. The van der Waals surface area contributed by atoms with E-state index in [-0.39, 0.29) is 0 Å². The Morgan fingerprint density at radius 3 is 2.55 bits per heavy atom. The van der Waals surface area contributed by atoms with Gasteiger partial charge in [0.15, 0.2) is 6.26 Å². The first-order chi connectivity index (χ1) is 5.54. The summed E-state index contributed by atoms with van der Waals surface area (Å²) in [5, 5.41) is 25.9. The van der Waals surface area contributed by atoms with Gasteiger partial charge in [0.05, 0.1) is 6.61 Å². The minimum Gasteiger partial charge on any atom is -0.394 e. The summed E-state index contributed by atoms with van der Waals surface area (Å²) in [5.74, 6) is 1.02. The van der Waals surface area contributed by atoms with Crippen molar-refractivity contribution in [3.05, 3.63) is 5.57 Å². The zero-order valence-corrected chi connectivity index (χ0v) is 5.52. The third kappa shape index (κ3) is 2.61. The number of carbonyl (C=O) groups is 1. The SMILES string of the molecule is [2H]C(=O)C(=C=O)[C@H](O)[C@H](O)CO. The second-order valence-corrected chi connectivity index (χ2v) is 1.81. The zero-order valence-electron chi connectivity index (χ0n) is 6.52. The molecule has 0 aromatic carbocycles. The average molecular weight is 161 g/mol. The Kier molecular flexibility index (Phi) is 3.51. The van der Waals surface area contributed by atoms with E-state index in [2.05, 4.69) is 0 Å². The van der Waals surface area contributed by atoms with E-state index in [1.165, 1.54) is 0 Å². The minimum atomic E-state index is -1.85. The zero-order chi connectivity index (χ0) is 9.72. The molecule has 0 saturated heterocycles. The van der Waals surface area contributed by atoms with E-state index in [0.29, 0.717) is 0 Å². The van der Waals surface area contributed by atoms with Gasteiger partial charge in [-0.1, -0.05) is 0 Å². The summed E-state index contributed by atoms with van der Waals surface area (Å²) in [5.41, 5.74) is -0.892. The molecule has 2 atom stereocenters. The quantitative estimate of drug-likeness (QED) is 0.244. The van der Waals surface area contributed by atoms with Gasteiger partial charge in [-0.3, -0.25) is 4.79 Å². The predicted octanol–water partition coefficient (Wildman–Crippen LogP) is -2.34. The van der Waals surface area contributed by atoms with E-state index in [1.807, 2.05) is 0 Å². The molecular weight excluding hydrogens is 152 g/mol. The first-order valence-electron chi connectivity index (χ1n) is 3.27. The highest BCUT2D eigenvalue weighted by Gasteiger charge is 2.20. The van der Waals surface area contributed by atoms with Gasteiger partial charge >= 0.3 is 0 Å². The minimum absolute atomic E-state index is 0.806. The maximum atomic E-state index is 10.3. The number of carbonyl (C=O) groups excluding carboxylic acids is 2. The van der Waals surface area contributed by atoms with Crippen LogP contribution in [0.2, 0.25) is 0 Å². The van der Waals surface area contributed by atoms with Gasteiger partial charge in [0.1, 0.15) is 25.1 Å². The molecule has 0 amide bonds. The van der Waals surface area contributed by atoms with E-state index in [1.54, 1.807) is 0 Å². The highest BCUT2D eigenvalue weighted by Crippen LogP contribution is 1.99. The van der Waals surface area contributed by atoms with Gasteiger partial charge in [0, 0.05) is 0 Å². The molecule has 0 unspecified atom stereocenters. The lowest BCUT2D eigenvalue weighted by Gasteiger charge is -2.11. The second kappa shape index (κ2) is 4.76. The molecule has 0 aliphatic carbocycles. The van der Waals surface area contributed by atoms with Gasteiger partial charge in [-0.2, -0.15) is 0 Å². The van der Waals surface area contributed by atoms with Crippen LogP contribution < -0.4 is 0 Å². The molecule has 0 rings (SSSR count). The number of hydrogen-bond acceptors (Lipinski definition) is 5. The Labute approximate surface area is 64.0 Å². The Bertz CT molecular complexity index is 220. The summed E-state index contributed by atoms with van der Waals surface area (Å²) >= 11 is 0. The Balaban J connectivity index is 4.55. The number of aldehydes is 1. The van der Waals surface area contributed by atoms with Crippen molar-refractivity contribution in [2.45, 2.75) is 12.2 Å². The van der Waals surface area contributed by atoms with E-state index in [0.717, 1.165) is 5.94 Å². The van der Waals surface area contributed by atoms with Crippen LogP contribution in [-0.4, -0.2) is 46.3 Å². The third-order valence-corrected chi connectivity index (χ3v) is 1.07. The van der Waals surface area contributed by atoms with Crippen molar-refractivity contribution < 1.29 is 26.3 Å². The molecule has 5 heteroatoms. The first kappa shape index (κ1) is 8.10. The maximum absolute atomic E-state index is 10.3. The summed E-state index contributed by atoms with van der Waals surface area (Å²) in [4.78, 5) is 20.2. The molecule has 0 bridgehead atoms. The van der Waals surface area contributed by atoms with Crippen LogP contribution in [0.4, 0.5) is 0 Å². The van der Waals surface area contributed by atoms with Crippen molar-refractivity contribution in [2.75, 3.05) is 6.61 Å². The lowest BCUT2D eigenvalue weighted by molar-refractivity contribution is -0.106. The topological polar surface area (TPSA) is 94.8 Å². The van der Waals surface area contributed by atoms with Crippen LogP contribution in [0, 0.1) is 0 Å². The molecular formula is C6H8O5. The van der Waals surface area contributed by atoms with Gasteiger partial charge in [0.25, 0.3) is 0 Å². The lowest BCUT2D eigenvalue weighted by atomic mass is 10.1. The van der Waals surface area contributed by atoms with Gasteiger partial charge in [0.2, 0.25) is 0 Å². The van der Waals surface area contributed by atoms with Gasteiger partial charge in [-0.25, -0.2) is 4.79 Å². The van der Waals surface area contributed by atoms with Crippen LogP contribution in [0.1, 0.15) is 1.37 Å². The molecule has 0 radical (unpaired) electrons. The van der Waals surface area contributed by atoms with Crippen molar-refractivity contribution >= 4 is 12.2 Å². The van der Waals surface area contributed by atoms with Gasteiger partial charge in [-0.15, -0.1) is 0 Å². The highest BCUT2D eigenvalue weighted by molar-refractivity contribution is 5.86. The monoisotopic (exact) mass is 161 g/mol. The van der Waals surface area contributed by atoms with E-state index < -0.39 is 30.7 Å². The molecule has 0 aromatic heterocycles. The Morgan fingerprint density at radius 1 is 1.73 bits per heavy atom. The van der Waals surface area contributed by atoms with Crippen molar-refractivity contribution in [2.24, 2.45) is 0 Å². The van der Waals surface area contributed by atoms with Crippen molar-refractivity contribution in [1.82, 2.24) is 0 Å². The Morgan fingerprint density at radius 2 is 2.27 bits per heavy atom. The first-order valence-corrected chi connectivity index (χ1v) is 2.77. The molecule has 62 valence electrons. The van der Waals surface area contributed by atoms with E-state index in [9.17, 15) is 9.59 Å². The largest absolute Gasteiger partial charge is 0.394 e. The summed E-state index contributed by atoms with van der Waals surface area (Å²) in [7, 11) is 0. The van der Waals surface area contributed by atoms with E-state index >= 15 is 0 Å². The van der Waals surface area contributed by atoms with Crippen LogP contribution in [-0.2, 0) is 9.59 Å². The average Bonchev–Trinajstić information content (AvgIpc) is 2.03. The van der Waals surface area contributed by atoms with Crippen LogP contribution >= 0.6 is 0 Å². The molecule has 0 spiro atoms. The maximum Gasteiger partial charge on any atom is 0.159 e. The van der Waals surface area contributed by atoms with Crippen molar-refractivity contribution in [3.8, 4) is 0 Å². The predicted molar refractivity (Wildman–Crippen MR) is 34.4 cm³/mol. The molecule has 0 heterocycles. The number of rotatable bonds is 4. The standard InChI is InChI=1S/C6H8O5/c7-1-4(2-8)6(11)5(10)3-9/h1,5-6,9-11H,3H2/t5-,6+/m1/s1/i1D. The van der Waals surface area contributed by atoms with E-state index in [4.69, 9.17) is 16.7 Å². The molecule has 0 fully saturated rings. The molecule has 11 heavy (non-hydrogen) atoms. The number of hydrogen-bond donors (Lipinski definition) is 3. The fraction of sp³-hybridized carbons (Fsp3) is 0.500. The summed E-state index contributed by atoms with van der Waals surface area (Å²) in [6, 6.07) is 0. The second-order valence-electron chi connectivity index (χ2n) is 1.81. The summed E-state index contributed by atoms with van der Waals surface area (Å²) in [6.45, 7) is -0.806. The molecule has 0 aliphatic rings. The Hall–Kier alpha value is -1.00. The van der Waals surface area contributed by atoms with Gasteiger partial charge in [-0.05, 0) is 0 Å². The summed E-state index contributed by atoms with van der Waals surface area (Å²) in [6.07, 6.45) is -4.92. The molecule has 0 saturated carbocycles. The fourth-order valence-corrected chi connectivity index (χ4v) is 0.434. The summed E-state index contributed by atoms with van der Waals surface area (Å²) < 4.78 is 6.44. The van der Waals surface area contributed by atoms with Crippen LogP contribution in [0.5, 0.6) is 0 Å². The number of aliphatic hydroxyl groups excluding tert-OH is 3. The number of aliphatic hydroxyl groups is 3. The van der Waals surface area contributed by atoms with Gasteiger partial charge < -0.3 is 15.3 Å². The van der Waals surface area contributed by atoms with Crippen LogP contribution in [0.3, 0.4) is 0 Å². The van der Waals surface area contributed by atoms with Crippen molar-refractivity contribution in [3.63, 3.8) is 0 Å². The smallest absolute Gasteiger partial charge is 0.159 e. The van der Waals surface area contributed by atoms with Crippen molar-refractivity contribution in [1.29, 1.82) is 0 Å². The molecule has 0 aromatic rings. The lowest BCUT2D eigenvalue weighted by Crippen LogP contribution is -2.31. The molecule has 0 aliphatic heterocycles. The molecule has 5 nitrogen and oxygen atoms in total. The third-order valence-electron chi connectivity index (χ3n) is 1.07. The van der Waals surface area contributed by atoms with Crippen LogP contribution in [0.25, 0.3) is 0 Å². The highest BCUT2D eigenvalue weighted by atomic mass is 16.4. The normalized spacial score (nSPS) is 16.1. The van der Waals surface area contributed by atoms with Crippen LogP contribution in [0.15, 0.2) is 5.57 Å². The molecule has 3 N–H and O–H groups in total.